The van der Waals surface area contributed by atoms with Gasteiger partial charge in [-0.25, -0.2) is 0 Å². The van der Waals surface area contributed by atoms with Crippen LogP contribution in [0, 0.1) is 5.92 Å². The zero-order valence-corrected chi connectivity index (χ0v) is 16.2. The number of nitrogens with zero attached hydrogens (tertiary/aromatic N) is 1. The summed E-state index contributed by atoms with van der Waals surface area (Å²) in [6.07, 6.45) is 0.0353. The first-order chi connectivity index (χ1) is 14.0. The highest BCUT2D eigenvalue weighted by Gasteiger charge is 2.36. The number of carbonyl (C=O) groups is 3. The van der Waals surface area contributed by atoms with E-state index >= 15 is 0 Å². The predicted molar refractivity (Wildman–Crippen MR) is 106 cm³/mol. The molecule has 0 radical (unpaired) electrons. The lowest BCUT2D eigenvalue weighted by molar-refractivity contribution is -0.151. The molecule has 1 heterocycles. The zero-order valence-electron chi connectivity index (χ0n) is 16.2. The number of nitrogens with one attached hydrogen (secondary N) is 1. The molecule has 1 atom stereocenters. The molecule has 0 saturated carbocycles. The molecule has 0 aliphatic carbocycles. The van der Waals surface area contributed by atoms with Gasteiger partial charge < -0.3 is 24.4 Å². The van der Waals surface area contributed by atoms with Gasteiger partial charge in [0.15, 0.2) is 6.61 Å². The fourth-order valence-corrected chi connectivity index (χ4v) is 3.05. The molecule has 152 valence electrons. The van der Waals surface area contributed by atoms with Crippen LogP contribution in [0.15, 0.2) is 48.5 Å². The molecular formula is C21H22N2O6. The number of esters is 1. The van der Waals surface area contributed by atoms with Crippen LogP contribution in [-0.2, 0) is 19.1 Å². The molecule has 0 aromatic heterocycles. The van der Waals surface area contributed by atoms with E-state index in [-0.39, 0.29) is 18.9 Å². The first-order valence-corrected chi connectivity index (χ1v) is 9.05. The molecule has 1 N–H and O–H groups in total. The molecule has 29 heavy (non-hydrogen) atoms. The zero-order chi connectivity index (χ0) is 20.8. The van der Waals surface area contributed by atoms with Crippen molar-refractivity contribution in [3.05, 3.63) is 48.5 Å². The van der Waals surface area contributed by atoms with Crippen LogP contribution in [-0.4, -0.2) is 45.2 Å². The number of hydrogen-bond acceptors (Lipinski definition) is 6. The largest absolute Gasteiger partial charge is 0.497 e. The maximum Gasteiger partial charge on any atom is 0.311 e. The summed E-state index contributed by atoms with van der Waals surface area (Å²) in [7, 11) is 3.07. The van der Waals surface area contributed by atoms with Gasteiger partial charge in [-0.2, -0.15) is 0 Å². The van der Waals surface area contributed by atoms with E-state index < -0.39 is 24.4 Å². The van der Waals surface area contributed by atoms with E-state index in [4.69, 9.17) is 14.2 Å². The normalized spacial score (nSPS) is 15.7. The van der Waals surface area contributed by atoms with Crippen molar-refractivity contribution < 1.29 is 28.6 Å². The summed E-state index contributed by atoms with van der Waals surface area (Å²) in [6, 6.07) is 13.9. The van der Waals surface area contributed by atoms with Crippen LogP contribution in [0.5, 0.6) is 11.5 Å². The van der Waals surface area contributed by atoms with Crippen molar-refractivity contribution in [3.8, 4) is 11.5 Å². The molecule has 1 fully saturated rings. The van der Waals surface area contributed by atoms with Gasteiger partial charge in [0, 0.05) is 36.5 Å². The van der Waals surface area contributed by atoms with Crippen LogP contribution in [0.25, 0.3) is 0 Å². The average molecular weight is 398 g/mol. The number of benzene rings is 2. The Bertz CT molecular complexity index is 914. The van der Waals surface area contributed by atoms with E-state index in [0.29, 0.717) is 22.9 Å². The van der Waals surface area contributed by atoms with Crippen LogP contribution < -0.4 is 19.7 Å². The molecule has 0 unspecified atom stereocenters. The Hall–Kier alpha value is -3.55. The molecule has 2 aromatic carbocycles. The van der Waals surface area contributed by atoms with Gasteiger partial charge >= 0.3 is 5.97 Å². The summed E-state index contributed by atoms with van der Waals surface area (Å²) in [4.78, 5) is 38.2. The Morgan fingerprint density at radius 2 is 1.76 bits per heavy atom. The Morgan fingerprint density at radius 3 is 2.48 bits per heavy atom. The van der Waals surface area contributed by atoms with Crippen LogP contribution >= 0.6 is 0 Å². The number of ether oxygens (including phenoxy) is 3. The van der Waals surface area contributed by atoms with E-state index in [0.717, 1.165) is 0 Å². The van der Waals surface area contributed by atoms with Gasteiger partial charge in [-0.15, -0.1) is 0 Å². The first kappa shape index (κ1) is 20.2. The summed E-state index contributed by atoms with van der Waals surface area (Å²) in [5, 5.41) is 2.63. The summed E-state index contributed by atoms with van der Waals surface area (Å²) in [6.45, 7) is -0.234. The average Bonchev–Trinajstić information content (AvgIpc) is 3.14. The second kappa shape index (κ2) is 9.09. The maximum absolute atomic E-state index is 12.3. The Labute approximate surface area is 168 Å². The van der Waals surface area contributed by atoms with Gasteiger partial charge in [0.05, 0.1) is 20.1 Å². The number of methoxy groups -OCH3 is 2. The van der Waals surface area contributed by atoms with Crippen LogP contribution in [0.4, 0.5) is 11.4 Å². The molecule has 2 aromatic rings. The molecule has 1 saturated heterocycles. The molecule has 8 heteroatoms. The van der Waals surface area contributed by atoms with Crippen molar-refractivity contribution in [3.63, 3.8) is 0 Å². The summed E-state index contributed by atoms with van der Waals surface area (Å²) in [5.74, 6) is -0.637. The van der Waals surface area contributed by atoms with Gasteiger partial charge in [0.2, 0.25) is 5.91 Å². The lowest BCUT2D eigenvalue weighted by Gasteiger charge is -2.17. The molecule has 8 nitrogen and oxygen atoms in total. The van der Waals surface area contributed by atoms with E-state index in [1.54, 1.807) is 55.6 Å². The monoisotopic (exact) mass is 398 g/mol. The minimum absolute atomic E-state index is 0.0353. The van der Waals surface area contributed by atoms with Gasteiger partial charge in [0.1, 0.15) is 11.5 Å². The predicted octanol–water partition coefficient (Wildman–Crippen LogP) is 2.24. The SMILES string of the molecule is COc1cccc(NC(=O)COC(=O)[C@H]2CC(=O)N(c3cccc(OC)c3)C2)c1. The smallest absolute Gasteiger partial charge is 0.311 e. The van der Waals surface area contributed by atoms with E-state index in [1.807, 2.05) is 0 Å². The molecule has 3 rings (SSSR count). The summed E-state index contributed by atoms with van der Waals surface area (Å²) in [5.41, 5.74) is 1.19. The Morgan fingerprint density at radius 1 is 1.07 bits per heavy atom. The minimum Gasteiger partial charge on any atom is -0.497 e. The molecule has 1 aliphatic heterocycles. The number of rotatable bonds is 7. The summed E-state index contributed by atoms with van der Waals surface area (Å²) >= 11 is 0. The number of anilines is 2. The highest BCUT2D eigenvalue weighted by Crippen LogP contribution is 2.28. The van der Waals surface area contributed by atoms with Crippen LogP contribution in [0.1, 0.15) is 6.42 Å². The van der Waals surface area contributed by atoms with Gasteiger partial charge in [-0.05, 0) is 24.3 Å². The maximum atomic E-state index is 12.3. The van der Waals surface area contributed by atoms with Gasteiger partial charge in [-0.3, -0.25) is 14.4 Å². The number of amides is 2. The number of carbonyl (C=O) groups excluding carboxylic acids is 3. The van der Waals surface area contributed by atoms with Crippen molar-refractivity contribution in [2.75, 3.05) is 37.6 Å². The Balaban J connectivity index is 1.53. The van der Waals surface area contributed by atoms with Crippen molar-refractivity contribution in [2.24, 2.45) is 5.92 Å². The minimum atomic E-state index is -0.627. The quantitative estimate of drug-likeness (QED) is 0.719. The van der Waals surface area contributed by atoms with E-state index in [1.165, 1.54) is 12.0 Å². The van der Waals surface area contributed by atoms with Crippen molar-refractivity contribution in [2.45, 2.75) is 6.42 Å². The van der Waals surface area contributed by atoms with Crippen LogP contribution in [0.3, 0.4) is 0 Å². The molecular weight excluding hydrogens is 376 g/mol. The summed E-state index contributed by atoms with van der Waals surface area (Å²) < 4.78 is 15.4. The van der Waals surface area contributed by atoms with Gasteiger partial charge in [0.25, 0.3) is 5.91 Å². The molecule has 2 amide bonds. The molecule has 1 aliphatic rings. The highest BCUT2D eigenvalue weighted by molar-refractivity contribution is 6.00. The second-order valence-corrected chi connectivity index (χ2v) is 6.49. The molecule has 0 spiro atoms. The Kier molecular flexibility index (Phi) is 6.33. The fraction of sp³-hybridized carbons (Fsp3) is 0.286. The second-order valence-electron chi connectivity index (χ2n) is 6.49. The van der Waals surface area contributed by atoms with Crippen molar-refractivity contribution >= 4 is 29.2 Å². The lowest BCUT2D eigenvalue weighted by Crippen LogP contribution is -2.28. The van der Waals surface area contributed by atoms with Crippen molar-refractivity contribution in [1.29, 1.82) is 0 Å². The van der Waals surface area contributed by atoms with Crippen molar-refractivity contribution in [1.82, 2.24) is 0 Å². The van der Waals surface area contributed by atoms with E-state index in [2.05, 4.69) is 5.32 Å². The third kappa shape index (κ3) is 5.04. The third-order valence-corrected chi connectivity index (χ3v) is 4.52. The first-order valence-electron chi connectivity index (χ1n) is 9.05. The number of hydrogen-bond donors (Lipinski definition) is 1. The standard InChI is InChI=1S/C21H22N2O6/c1-27-17-7-3-5-15(10-17)22-19(24)13-29-21(26)14-9-20(25)23(12-14)16-6-4-8-18(11-16)28-2/h3-8,10-11,14H,9,12-13H2,1-2H3,(H,22,24)/t14-/m0/s1. The fourth-order valence-electron chi connectivity index (χ4n) is 3.05. The highest BCUT2D eigenvalue weighted by atomic mass is 16.5. The van der Waals surface area contributed by atoms with Gasteiger partial charge in [-0.1, -0.05) is 12.1 Å². The lowest BCUT2D eigenvalue weighted by atomic mass is 10.1. The molecule has 0 bridgehead atoms. The third-order valence-electron chi connectivity index (χ3n) is 4.52. The topological polar surface area (TPSA) is 94.2 Å². The van der Waals surface area contributed by atoms with Crippen LogP contribution in [0.2, 0.25) is 0 Å². The van der Waals surface area contributed by atoms with E-state index in [9.17, 15) is 14.4 Å².